The van der Waals surface area contributed by atoms with Crippen molar-refractivity contribution in [2.45, 2.75) is 44.7 Å². The molecule has 3 heteroatoms. The van der Waals surface area contributed by atoms with Crippen LogP contribution in [0.2, 0.25) is 0 Å². The summed E-state index contributed by atoms with van der Waals surface area (Å²) in [6, 6.07) is 1.41. The minimum absolute atomic E-state index is 0.664. The molecular weight excluding hydrogens is 200 g/mol. The third kappa shape index (κ3) is 3.44. The Morgan fingerprint density at radius 2 is 1.75 bits per heavy atom. The van der Waals surface area contributed by atoms with Crippen LogP contribution in [0, 0.1) is 5.92 Å². The van der Waals surface area contributed by atoms with Crippen molar-refractivity contribution < 1.29 is 4.74 Å². The summed E-state index contributed by atoms with van der Waals surface area (Å²) >= 11 is 0. The summed E-state index contributed by atoms with van der Waals surface area (Å²) in [6.45, 7) is 6.78. The van der Waals surface area contributed by atoms with E-state index in [2.05, 4.69) is 24.2 Å². The predicted molar refractivity (Wildman–Crippen MR) is 66.7 cm³/mol. The van der Waals surface area contributed by atoms with E-state index in [-0.39, 0.29) is 0 Å². The van der Waals surface area contributed by atoms with Gasteiger partial charge in [0.25, 0.3) is 0 Å². The second-order valence-electron chi connectivity index (χ2n) is 5.48. The number of ether oxygens (including phenoxy) is 1. The highest BCUT2D eigenvalue weighted by atomic mass is 16.5. The zero-order chi connectivity index (χ0) is 11.4. The molecule has 0 saturated carbocycles. The van der Waals surface area contributed by atoms with Gasteiger partial charge in [-0.05, 0) is 58.7 Å². The van der Waals surface area contributed by atoms with Crippen LogP contribution >= 0.6 is 0 Å². The molecule has 0 amide bonds. The minimum atomic E-state index is 0.664. The molecule has 2 saturated heterocycles. The van der Waals surface area contributed by atoms with E-state index in [1.54, 1.807) is 0 Å². The first-order chi connectivity index (χ1) is 7.75. The van der Waals surface area contributed by atoms with Crippen LogP contribution in [0.4, 0.5) is 0 Å². The molecule has 2 rings (SSSR count). The molecule has 94 valence electrons. The van der Waals surface area contributed by atoms with Gasteiger partial charge in [-0.1, -0.05) is 0 Å². The van der Waals surface area contributed by atoms with E-state index in [1.807, 2.05) is 0 Å². The molecule has 0 aromatic carbocycles. The highest BCUT2D eigenvalue weighted by Crippen LogP contribution is 2.20. The van der Waals surface area contributed by atoms with Crippen molar-refractivity contribution in [1.29, 1.82) is 0 Å². The maximum atomic E-state index is 5.42. The molecule has 0 aromatic heterocycles. The summed E-state index contributed by atoms with van der Waals surface area (Å²) in [5, 5.41) is 3.83. The van der Waals surface area contributed by atoms with Gasteiger partial charge in [0.1, 0.15) is 0 Å². The summed E-state index contributed by atoms with van der Waals surface area (Å²) in [6.07, 6.45) is 5.09. The fourth-order valence-electron chi connectivity index (χ4n) is 2.90. The van der Waals surface area contributed by atoms with Crippen LogP contribution in [0.5, 0.6) is 0 Å². The van der Waals surface area contributed by atoms with Crippen molar-refractivity contribution in [2.24, 2.45) is 5.92 Å². The first-order valence-electron chi connectivity index (χ1n) is 6.78. The molecule has 0 radical (unpaired) electrons. The van der Waals surface area contributed by atoms with Crippen LogP contribution in [0.15, 0.2) is 0 Å². The summed E-state index contributed by atoms with van der Waals surface area (Å²) in [5.74, 6) is 0.827. The first kappa shape index (κ1) is 12.3. The Morgan fingerprint density at radius 1 is 1.12 bits per heavy atom. The van der Waals surface area contributed by atoms with Crippen molar-refractivity contribution in [3.63, 3.8) is 0 Å². The Labute approximate surface area is 99.5 Å². The molecular formula is C13H26N2O. The Bertz CT molecular complexity index is 196. The van der Waals surface area contributed by atoms with Crippen LogP contribution in [0.3, 0.4) is 0 Å². The van der Waals surface area contributed by atoms with E-state index in [4.69, 9.17) is 4.74 Å². The smallest absolute Gasteiger partial charge is 0.0469 e. The average molecular weight is 226 g/mol. The van der Waals surface area contributed by atoms with Gasteiger partial charge in [0.05, 0.1) is 0 Å². The maximum Gasteiger partial charge on any atom is 0.0469 e. The molecule has 16 heavy (non-hydrogen) atoms. The number of hydrogen-bond donors (Lipinski definition) is 1. The molecule has 1 unspecified atom stereocenters. The maximum absolute atomic E-state index is 5.42. The van der Waals surface area contributed by atoms with Crippen LogP contribution in [0.25, 0.3) is 0 Å². The van der Waals surface area contributed by atoms with E-state index in [1.165, 1.54) is 38.8 Å². The molecule has 0 aromatic rings. The lowest BCUT2D eigenvalue weighted by molar-refractivity contribution is 0.0529. The van der Waals surface area contributed by atoms with Gasteiger partial charge in [-0.15, -0.1) is 0 Å². The van der Waals surface area contributed by atoms with E-state index in [9.17, 15) is 0 Å². The van der Waals surface area contributed by atoms with Crippen molar-refractivity contribution in [1.82, 2.24) is 10.2 Å². The molecule has 0 aliphatic carbocycles. The molecule has 1 N–H and O–H groups in total. The Balaban J connectivity index is 1.71. The van der Waals surface area contributed by atoms with Gasteiger partial charge in [-0.3, -0.25) is 0 Å². The summed E-state index contributed by atoms with van der Waals surface area (Å²) in [7, 11) is 2.22. The Hall–Kier alpha value is -0.120. The average Bonchev–Trinajstić information content (AvgIpc) is 2.33. The van der Waals surface area contributed by atoms with Crippen molar-refractivity contribution in [2.75, 3.05) is 33.4 Å². The van der Waals surface area contributed by atoms with Gasteiger partial charge in [0.2, 0.25) is 0 Å². The van der Waals surface area contributed by atoms with Crippen LogP contribution in [-0.2, 0) is 4.74 Å². The van der Waals surface area contributed by atoms with Crippen molar-refractivity contribution in [3.05, 3.63) is 0 Å². The number of hydrogen-bond acceptors (Lipinski definition) is 3. The zero-order valence-electron chi connectivity index (χ0n) is 10.7. The van der Waals surface area contributed by atoms with Gasteiger partial charge < -0.3 is 15.0 Å². The molecule has 2 aliphatic rings. The third-order valence-corrected chi connectivity index (χ3v) is 4.19. The number of rotatable bonds is 3. The van der Waals surface area contributed by atoms with Gasteiger partial charge in [-0.25, -0.2) is 0 Å². The second-order valence-corrected chi connectivity index (χ2v) is 5.48. The molecule has 1 atom stereocenters. The summed E-state index contributed by atoms with van der Waals surface area (Å²) in [5.41, 5.74) is 0. The quantitative estimate of drug-likeness (QED) is 0.789. The molecule has 0 bridgehead atoms. The second kappa shape index (κ2) is 5.99. The van der Waals surface area contributed by atoms with Crippen LogP contribution in [0.1, 0.15) is 32.6 Å². The molecule has 3 nitrogen and oxygen atoms in total. The molecule has 2 heterocycles. The van der Waals surface area contributed by atoms with E-state index >= 15 is 0 Å². The normalized spacial score (nSPS) is 28.1. The first-order valence-corrected chi connectivity index (χ1v) is 6.78. The SMILES string of the molecule is CC(NC1CCN(C)CC1)C1CCOCC1. The molecule has 2 fully saturated rings. The van der Waals surface area contributed by atoms with Crippen LogP contribution in [-0.4, -0.2) is 50.3 Å². The molecule has 2 aliphatic heterocycles. The highest BCUT2D eigenvalue weighted by molar-refractivity contribution is 4.82. The lowest BCUT2D eigenvalue weighted by atomic mass is 9.91. The summed E-state index contributed by atoms with van der Waals surface area (Å²) < 4.78 is 5.42. The Kier molecular flexibility index (Phi) is 4.62. The molecule has 0 spiro atoms. The third-order valence-electron chi connectivity index (χ3n) is 4.19. The largest absolute Gasteiger partial charge is 0.381 e. The predicted octanol–water partition coefficient (Wildman–Crippen LogP) is 1.49. The van der Waals surface area contributed by atoms with E-state index in [0.717, 1.165) is 25.2 Å². The lowest BCUT2D eigenvalue weighted by Gasteiger charge is -2.35. The monoisotopic (exact) mass is 226 g/mol. The highest BCUT2D eigenvalue weighted by Gasteiger charge is 2.24. The lowest BCUT2D eigenvalue weighted by Crippen LogP contribution is -2.47. The number of piperidine rings is 1. The fourth-order valence-corrected chi connectivity index (χ4v) is 2.90. The van der Waals surface area contributed by atoms with Gasteiger partial charge >= 0.3 is 0 Å². The van der Waals surface area contributed by atoms with Crippen LogP contribution < -0.4 is 5.32 Å². The minimum Gasteiger partial charge on any atom is -0.381 e. The van der Waals surface area contributed by atoms with Gasteiger partial charge in [-0.2, -0.15) is 0 Å². The fraction of sp³-hybridized carbons (Fsp3) is 1.00. The van der Waals surface area contributed by atoms with Gasteiger partial charge in [0.15, 0.2) is 0 Å². The van der Waals surface area contributed by atoms with Crippen molar-refractivity contribution >= 4 is 0 Å². The number of likely N-dealkylation sites (tertiary alicyclic amines) is 1. The number of nitrogens with zero attached hydrogens (tertiary/aromatic N) is 1. The topological polar surface area (TPSA) is 24.5 Å². The zero-order valence-corrected chi connectivity index (χ0v) is 10.7. The van der Waals surface area contributed by atoms with Gasteiger partial charge in [0, 0.05) is 25.3 Å². The van der Waals surface area contributed by atoms with Crippen molar-refractivity contribution in [3.8, 4) is 0 Å². The van der Waals surface area contributed by atoms with E-state index in [0.29, 0.717) is 6.04 Å². The standard InChI is InChI=1S/C13H26N2O/c1-11(12-5-9-16-10-6-12)14-13-3-7-15(2)8-4-13/h11-14H,3-10H2,1-2H3. The summed E-state index contributed by atoms with van der Waals surface area (Å²) in [4.78, 5) is 2.43. The number of nitrogens with one attached hydrogen (secondary N) is 1. The Morgan fingerprint density at radius 3 is 2.38 bits per heavy atom. The van der Waals surface area contributed by atoms with E-state index < -0.39 is 0 Å².